The molecular weight excluding hydrogens is 1010 g/mol. The average molecular weight is 1140 g/mol. The molecule has 0 aromatic heterocycles. The monoisotopic (exact) mass is 1140 g/mol. The van der Waals surface area contributed by atoms with E-state index < -0.39 is 49.5 Å². The molecule has 0 aromatic rings. The molecule has 6 N–H and O–H groups in total. The minimum atomic E-state index is -1.57. The Kier molecular flexibility index (Phi) is 58.3. The lowest BCUT2D eigenvalue weighted by Crippen LogP contribution is -2.60. The van der Waals surface area contributed by atoms with E-state index in [-0.39, 0.29) is 12.5 Å². The lowest BCUT2D eigenvalue weighted by atomic mass is 9.99. The summed E-state index contributed by atoms with van der Waals surface area (Å²) in [4.78, 5) is 13.1. The van der Waals surface area contributed by atoms with Gasteiger partial charge in [0.05, 0.1) is 25.4 Å². The molecule has 9 nitrogen and oxygen atoms in total. The fourth-order valence-corrected chi connectivity index (χ4v) is 11.3. The van der Waals surface area contributed by atoms with E-state index in [9.17, 15) is 30.3 Å². The van der Waals surface area contributed by atoms with Crippen molar-refractivity contribution in [1.29, 1.82) is 0 Å². The van der Waals surface area contributed by atoms with Crippen molar-refractivity contribution in [3.8, 4) is 0 Å². The van der Waals surface area contributed by atoms with Gasteiger partial charge in [0.1, 0.15) is 24.4 Å². The third-order valence-corrected chi connectivity index (χ3v) is 16.9. The molecule has 7 unspecified atom stereocenters. The summed E-state index contributed by atoms with van der Waals surface area (Å²) in [5, 5.41) is 54.7. The molecule has 0 saturated carbocycles. The number of unbranched alkanes of at least 4 members (excludes halogenated alkanes) is 46. The normalized spacial score (nSPS) is 18.6. The summed E-state index contributed by atoms with van der Waals surface area (Å²) in [5.41, 5.74) is 0. The highest BCUT2D eigenvalue weighted by Crippen LogP contribution is 2.23. The van der Waals surface area contributed by atoms with E-state index in [2.05, 4.69) is 55.6 Å². The second kappa shape index (κ2) is 61.2. The molecule has 0 bridgehead atoms. The fourth-order valence-electron chi connectivity index (χ4n) is 11.3. The Balaban J connectivity index is 2.14. The molecule has 1 saturated heterocycles. The molecule has 476 valence electrons. The van der Waals surface area contributed by atoms with Gasteiger partial charge in [0, 0.05) is 6.42 Å². The summed E-state index contributed by atoms with van der Waals surface area (Å²) in [6.07, 6.45) is 76.6. The van der Waals surface area contributed by atoms with Gasteiger partial charge in [0.2, 0.25) is 5.91 Å². The number of carbonyl (C=O) groups is 1. The van der Waals surface area contributed by atoms with Crippen molar-refractivity contribution < 1.29 is 39.8 Å². The van der Waals surface area contributed by atoms with E-state index in [0.29, 0.717) is 6.42 Å². The predicted molar refractivity (Wildman–Crippen MR) is 346 cm³/mol. The number of nitrogens with one attached hydrogen (secondary N) is 1. The molecule has 0 spiro atoms. The first-order chi connectivity index (χ1) is 39.8. The summed E-state index contributed by atoms with van der Waals surface area (Å²) in [5.74, 6) is -0.183. The molecule has 1 fully saturated rings. The van der Waals surface area contributed by atoms with Gasteiger partial charge >= 0.3 is 0 Å². The lowest BCUT2D eigenvalue weighted by Gasteiger charge is -2.40. The van der Waals surface area contributed by atoms with Crippen LogP contribution in [0.2, 0.25) is 0 Å². The maximum Gasteiger partial charge on any atom is 0.220 e. The first-order valence-corrected chi connectivity index (χ1v) is 35.4. The van der Waals surface area contributed by atoms with Crippen LogP contribution in [0.25, 0.3) is 0 Å². The highest BCUT2D eigenvalue weighted by molar-refractivity contribution is 5.76. The third-order valence-electron chi connectivity index (χ3n) is 16.9. The van der Waals surface area contributed by atoms with Gasteiger partial charge in [-0.15, -0.1) is 0 Å². The first-order valence-electron chi connectivity index (χ1n) is 35.4. The van der Waals surface area contributed by atoms with Crippen molar-refractivity contribution in [2.75, 3.05) is 13.2 Å². The van der Waals surface area contributed by atoms with Crippen molar-refractivity contribution in [2.45, 2.75) is 391 Å². The highest BCUT2D eigenvalue weighted by Gasteiger charge is 2.44. The Morgan fingerprint density at radius 1 is 0.420 bits per heavy atom. The number of carbonyl (C=O) groups excluding carboxylic acids is 1. The van der Waals surface area contributed by atoms with E-state index in [1.54, 1.807) is 6.08 Å². The highest BCUT2D eigenvalue weighted by atomic mass is 16.7. The maximum atomic E-state index is 13.1. The van der Waals surface area contributed by atoms with Crippen molar-refractivity contribution in [3.63, 3.8) is 0 Å². The number of aliphatic hydroxyl groups excluding tert-OH is 5. The molecule has 1 rings (SSSR count). The summed E-state index contributed by atoms with van der Waals surface area (Å²) in [7, 11) is 0. The van der Waals surface area contributed by atoms with Crippen molar-refractivity contribution in [1.82, 2.24) is 5.32 Å². The molecule has 0 radical (unpaired) electrons. The van der Waals surface area contributed by atoms with Gasteiger partial charge in [-0.3, -0.25) is 4.79 Å². The average Bonchev–Trinajstić information content (AvgIpc) is 3.49. The van der Waals surface area contributed by atoms with E-state index >= 15 is 0 Å². The molecule has 0 aliphatic carbocycles. The maximum absolute atomic E-state index is 13.1. The van der Waals surface area contributed by atoms with Gasteiger partial charge in [-0.1, -0.05) is 326 Å². The largest absolute Gasteiger partial charge is 0.394 e. The zero-order chi connectivity index (χ0) is 58.6. The van der Waals surface area contributed by atoms with Crippen LogP contribution >= 0.6 is 0 Å². The van der Waals surface area contributed by atoms with E-state index in [4.69, 9.17) is 9.47 Å². The number of allylic oxidation sites excluding steroid dienone is 7. The molecular formula is C72H135NO8. The Bertz CT molecular complexity index is 1420. The van der Waals surface area contributed by atoms with Gasteiger partial charge in [0.15, 0.2) is 6.29 Å². The quantitative estimate of drug-likeness (QED) is 0.0261. The second-order valence-electron chi connectivity index (χ2n) is 24.7. The minimum absolute atomic E-state index is 0.183. The number of ether oxygens (including phenoxy) is 2. The van der Waals surface area contributed by atoms with Crippen LogP contribution < -0.4 is 5.32 Å². The SMILES string of the molecule is CCCCCCC/C=C\C/C=C\CCCCCCCCCCCCCCCC(=O)NC(COC1OC(CO)C(O)C(O)C1O)C(O)/C=C/CC/C=C/CCCCCCCCCCCCCCCCCCCCCCCCCCCCC. The molecule has 81 heavy (non-hydrogen) atoms. The third kappa shape index (κ3) is 50.1. The summed E-state index contributed by atoms with van der Waals surface area (Å²) >= 11 is 0. The summed E-state index contributed by atoms with van der Waals surface area (Å²) < 4.78 is 11.3. The van der Waals surface area contributed by atoms with E-state index in [1.165, 1.54) is 283 Å². The Morgan fingerprint density at radius 2 is 0.741 bits per heavy atom. The molecule has 1 aliphatic rings. The Morgan fingerprint density at radius 3 is 1.11 bits per heavy atom. The lowest BCUT2D eigenvalue weighted by molar-refractivity contribution is -0.302. The Hall–Kier alpha value is -1.85. The van der Waals surface area contributed by atoms with Crippen LogP contribution in [0.3, 0.4) is 0 Å². The van der Waals surface area contributed by atoms with E-state index in [1.807, 2.05) is 6.08 Å². The fraction of sp³-hybridized carbons (Fsp3) is 0.875. The van der Waals surface area contributed by atoms with Crippen LogP contribution in [0.15, 0.2) is 48.6 Å². The predicted octanol–water partition coefficient (Wildman–Crippen LogP) is 19.2. The van der Waals surface area contributed by atoms with E-state index in [0.717, 1.165) is 44.9 Å². The van der Waals surface area contributed by atoms with Crippen molar-refractivity contribution in [3.05, 3.63) is 48.6 Å². The molecule has 0 aromatic carbocycles. The number of amides is 1. The van der Waals surface area contributed by atoms with Gasteiger partial charge in [-0.2, -0.15) is 0 Å². The molecule has 7 atom stereocenters. The zero-order valence-corrected chi connectivity index (χ0v) is 53.3. The van der Waals surface area contributed by atoms with Gasteiger partial charge < -0.3 is 40.3 Å². The molecule has 1 heterocycles. The minimum Gasteiger partial charge on any atom is -0.394 e. The summed E-state index contributed by atoms with van der Waals surface area (Å²) in [6, 6.07) is -0.825. The van der Waals surface area contributed by atoms with Crippen LogP contribution in [0, 0.1) is 0 Å². The molecule has 1 aliphatic heterocycles. The molecule has 9 heteroatoms. The second-order valence-corrected chi connectivity index (χ2v) is 24.7. The van der Waals surface area contributed by atoms with Crippen LogP contribution in [0.4, 0.5) is 0 Å². The van der Waals surface area contributed by atoms with Crippen LogP contribution in [0.1, 0.15) is 348 Å². The Labute approximate surface area is 501 Å². The first kappa shape index (κ1) is 77.2. The number of hydrogen-bond acceptors (Lipinski definition) is 8. The van der Waals surface area contributed by atoms with Crippen LogP contribution in [0.5, 0.6) is 0 Å². The van der Waals surface area contributed by atoms with Crippen molar-refractivity contribution >= 4 is 5.91 Å². The van der Waals surface area contributed by atoms with Crippen LogP contribution in [-0.4, -0.2) is 87.5 Å². The van der Waals surface area contributed by atoms with Crippen molar-refractivity contribution in [2.24, 2.45) is 0 Å². The standard InChI is InChI=1S/C72H135NO8/c1-3-5-7-9-11-13-15-17-19-21-23-25-27-29-30-31-32-33-34-35-36-38-39-41-43-45-47-49-51-53-55-57-59-61-66(75)65(64-80-72-71(79)70(78)69(77)67(63-74)81-72)73-68(76)62-60-58-56-54-52-50-48-46-44-42-40-37-28-26-24-22-20-18-16-14-12-10-8-6-4-2/h16,18,22,24,51,53,59,61,65-67,69-72,74-75,77-79H,3-15,17,19-21,23,25-50,52,54-58,60,62-64H2,1-2H3,(H,73,76)/b18-16-,24-22-,53-51+,61-59+. The van der Waals surface area contributed by atoms with Gasteiger partial charge in [0.25, 0.3) is 0 Å². The number of hydrogen-bond donors (Lipinski definition) is 6. The number of rotatable bonds is 62. The smallest absolute Gasteiger partial charge is 0.220 e. The van der Waals surface area contributed by atoms with Gasteiger partial charge in [-0.05, 0) is 64.2 Å². The van der Waals surface area contributed by atoms with Gasteiger partial charge in [-0.25, -0.2) is 0 Å². The topological polar surface area (TPSA) is 149 Å². The zero-order valence-electron chi connectivity index (χ0n) is 53.3. The van der Waals surface area contributed by atoms with Crippen LogP contribution in [-0.2, 0) is 14.3 Å². The number of aliphatic hydroxyl groups is 5. The summed E-state index contributed by atoms with van der Waals surface area (Å²) in [6.45, 7) is 3.80. The molecule has 1 amide bonds.